The van der Waals surface area contributed by atoms with Crippen LogP contribution in [0.1, 0.15) is 31.4 Å². The van der Waals surface area contributed by atoms with Gasteiger partial charge in [0.1, 0.15) is 0 Å². The molecule has 0 N–H and O–H groups in total. The minimum absolute atomic E-state index is 0.0556. The van der Waals surface area contributed by atoms with Crippen molar-refractivity contribution in [2.24, 2.45) is 5.92 Å². The van der Waals surface area contributed by atoms with E-state index in [1.165, 1.54) is 53.1 Å². The quantitative estimate of drug-likeness (QED) is 0.496. The number of aryl methyl sites for hydroxylation is 1. The Morgan fingerprint density at radius 3 is 2.46 bits per heavy atom. The van der Waals surface area contributed by atoms with Crippen LogP contribution in [0.25, 0.3) is 21.5 Å². The van der Waals surface area contributed by atoms with Crippen LogP contribution in [0.5, 0.6) is 0 Å². The third-order valence-electron chi connectivity index (χ3n) is 5.51. The molecule has 0 aromatic heterocycles. The Hall–Kier alpha value is -2.61. The summed E-state index contributed by atoms with van der Waals surface area (Å²) in [6.07, 6.45) is 6.45. The van der Waals surface area contributed by atoms with E-state index in [-0.39, 0.29) is 11.9 Å². The maximum atomic E-state index is 10.4. The summed E-state index contributed by atoms with van der Waals surface area (Å²) in [5.41, 5.74) is 3.17. The van der Waals surface area contributed by atoms with Crippen LogP contribution in [0.15, 0.2) is 60.9 Å². The highest BCUT2D eigenvalue weighted by Gasteiger charge is 2.17. The first-order valence-electron chi connectivity index (χ1n) is 9.41. The number of ether oxygens (including phenoxy) is 1. The minimum Gasteiger partial charge on any atom is -0.490 e. The third kappa shape index (κ3) is 3.12. The van der Waals surface area contributed by atoms with Crippen LogP contribution in [0.4, 0.5) is 0 Å². The summed E-state index contributed by atoms with van der Waals surface area (Å²) in [4.78, 5) is 10.4. The van der Waals surface area contributed by atoms with E-state index in [1.807, 2.05) is 0 Å². The number of carbonyl (C=O) groups excluding carboxylic acids is 1. The van der Waals surface area contributed by atoms with Crippen molar-refractivity contribution in [3.8, 4) is 0 Å². The van der Waals surface area contributed by atoms with Gasteiger partial charge >= 0.3 is 0 Å². The summed E-state index contributed by atoms with van der Waals surface area (Å²) in [5, 5.41) is 5.63. The smallest absolute Gasteiger partial charge is 0.198 e. The zero-order valence-electron chi connectivity index (χ0n) is 15.4. The predicted octanol–water partition coefficient (Wildman–Crippen LogP) is 5.61. The fraction of sp³-hybridized carbons (Fsp3) is 0.292. The van der Waals surface area contributed by atoms with Crippen LogP contribution >= 0.6 is 0 Å². The van der Waals surface area contributed by atoms with Crippen LogP contribution in [0, 0.1) is 5.92 Å². The molecule has 2 unspecified atom stereocenters. The van der Waals surface area contributed by atoms with Gasteiger partial charge in [-0.25, -0.2) is 0 Å². The van der Waals surface area contributed by atoms with Crippen molar-refractivity contribution in [1.29, 1.82) is 0 Å². The van der Waals surface area contributed by atoms with E-state index in [4.69, 9.17) is 4.74 Å². The molecule has 0 saturated carbocycles. The molecule has 0 spiro atoms. The van der Waals surface area contributed by atoms with Gasteiger partial charge < -0.3 is 4.74 Å². The van der Waals surface area contributed by atoms with Gasteiger partial charge in [-0.05, 0) is 64.8 Å². The summed E-state index contributed by atoms with van der Waals surface area (Å²) in [7, 11) is 0. The van der Waals surface area contributed by atoms with Crippen LogP contribution < -0.4 is 0 Å². The van der Waals surface area contributed by atoms with Gasteiger partial charge in [-0.15, -0.1) is 0 Å². The van der Waals surface area contributed by atoms with E-state index in [1.54, 1.807) is 18.1 Å². The van der Waals surface area contributed by atoms with E-state index in [0.717, 1.165) is 5.92 Å². The lowest BCUT2D eigenvalue weighted by atomic mass is 9.82. The molecule has 0 fully saturated rings. The van der Waals surface area contributed by atoms with Gasteiger partial charge in [0.25, 0.3) is 0 Å². The van der Waals surface area contributed by atoms with Crippen molar-refractivity contribution in [1.82, 2.24) is 0 Å². The number of rotatable bonds is 0. The van der Waals surface area contributed by atoms with Crippen LogP contribution in [0.3, 0.4) is 0 Å². The first kappa shape index (κ1) is 16.8. The standard InChI is InChI=1S/C19H18.C5H6O2/c1-13-6-9-17-15(12-13)8-11-18-16-5-3-2-4-14(16)7-10-19(17)18;1-4-5(6)2-3-7-4/h2-5,7-8,10-11,13H,6,9,12H2,1H3;2-4H,1H3. The molecule has 2 heteroatoms. The molecule has 2 aliphatic rings. The fourth-order valence-corrected chi connectivity index (χ4v) is 3.98. The molecule has 26 heavy (non-hydrogen) atoms. The average molecular weight is 344 g/mol. The third-order valence-corrected chi connectivity index (χ3v) is 5.51. The molecule has 5 rings (SSSR count). The van der Waals surface area contributed by atoms with Crippen LogP contribution in [0.2, 0.25) is 0 Å². The molecule has 0 saturated heterocycles. The molecule has 2 nitrogen and oxygen atoms in total. The number of ketones is 1. The molecule has 1 aliphatic heterocycles. The Morgan fingerprint density at radius 1 is 0.923 bits per heavy atom. The maximum Gasteiger partial charge on any atom is 0.198 e. The zero-order valence-corrected chi connectivity index (χ0v) is 15.4. The van der Waals surface area contributed by atoms with Crippen molar-refractivity contribution < 1.29 is 9.53 Å². The fourth-order valence-electron chi connectivity index (χ4n) is 3.98. The minimum atomic E-state index is -0.236. The Kier molecular flexibility index (Phi) is 4.50. The molecule has 0 radical (unpaired) electrons. The second kappa shape index (κ2) is 6.95. The van der Waals surface area contributed by atoms with E-state index < -0.39 is 0 Å². The lowest BCUT2D eigenvalue weighted by Crippen LogP contribution is -2.11. The zero-order chi connectivity index (χ0) is 18.1. The van der Waals surface area contributed by atoms with Gasteiger partial charge in [-0.3, -0.25) is 4.79 Å². The predicted molar refractivity (Wildman–Crippen MR) is 107 cm³/mol. The van der Waals surface area contributed by atoms with Crippen LogP contribution in [-0.2, 0) is 22.4 Å². The first-order valence-corrected chi connectivity index (χ1v) is 9.41. The lowest BCUT2D eigenvalue weighted by Gasteiger charge is -2.23. The average Bonchev–Trinajstić information content (AvgIpc) is 3.04. The first-order chi connectivity index (χ1) is 12.6. The number of hydrogen-bond donors (Lipinski definition) is 0. The molecule has 3 aromatic carbocycles. The largest absolute Gasteiger partial charge is 0.490 e. The monoisotopic (exact) mass is 344 g/mol. The molecule has 132 valence electrons. The molecule has 2 atom stereocenters. The highest BCUT2D eigenvalue weighted by molar-refractivity contribution is 6.08. The summed E-state index contributed by atoms with van der Waals surface area (Å²) in [6, 6.07) is 18.0. The summed E-state index contributed by atoms with van der Waals surface area (Å²) in [6.45, 7) is 4.09. The molecular weight excluding hydrogens is 320 g/mol. The van der Waals surface area contributed by atoms with Gasteiger partial charge in [0.15, 0.2) is 11.9 Å². The van der Waals surface area contributed by atoms with E-state index in [0.29, 0.717) is 0 Å². The van der Waals surface area contributed by atoms with Gasteiger partial charge in [-0.2, -0.15) is 0 Å². The number of hydrogen-bond acceptors (Lipinski definition) is 2. The molecule has 1 aliphatic carbocycles. The molecular formula is C24H24O2. The topological polar surface area (TPSA) is 26.3 Å². The van der Waals surface area contributed by atoms with Gasteiger partial charge in [0.2, 0.25) is 0 Å². The Labute approximate surface area is 154 Å². The second-order valence-corrected chi connectivity index (χ2v) is 7.42. The van der Waals surface area contributed by atoms with Crippen molar-refractivity contribution in [2.75, 3.05) is 0 Å². The lowest BCUT2D eigenvalue weighted by molar-refractivity contribution is -0.119. The number of fused-ring (bicyclic) bond motifs is 5. The highest BCUT2D eigenvalue weighted by atomic mass is 16.5. The van der Waals surface area contributed by atoms with Crippen molar-refractivity contribution in [3.63, 3.8) is 0 Å². The Balaban J connectivity index is 0.000000204. The van der Waals surface area contributed by atoms with Crippen LogP contribution in [-0.4, -0.2) is 11.9 Å². The normalized spacial score (nSPS) is 21.2. The SMILES string of the molecule is CC1CCc2c(ccc3c2ccc2ccccc23)C1.CC1OC=CC1=O. The van der Waals surface area contributed by atoms with Crippen molar-refractivity contribution in [2.45, 2.75) is 39.2 Å². The molecule has 1 heterocycles. The summed E-state index contributed by atoms with van der Waals surface area (Å²) in [5.74, 6) is 0.894. The Bertz CT molecular complexity index is 1000. The second-order valence-electron chi connectivity index (χ2n) is 7.42. The molecule has 3 aromatic rings. The number of benzene rings is 3. The maximum absolute atomic E-state index is 10.4. The number of carbonyl (C=O) groups is 1. The summed E-state index contributed by atoms with van der Waals surface area (Å²) >= 11 is 0. The Morgan fingerprint density at radius 2 is 1.73 bits per heavy atom. The molecule has 0 amide bonds. The van der Waals surface area contributed by atoms with E-state index >= 15 is 0 Å². The van der Waals surface area contributed by atoms with E-state index in [2.05, 4.69) is 55.5 Å². The van der Waals surface area contributed by atoms with Crippen molar-refractivity contribution in [3.05, 3.63) is 72.0 Å². The van der Waals surface area contributed by atoms with Gasteiger partial charge in [0, 0.05) is 6.08 Å². The highest BCUT2D eigenvalue weighted by Crippen LogP contribution is 2.34. The van der Waals surface area contributed by atoms with Crippen molar-refractivity contribution >= 4 is 27.3 Å². The summed E-state index contributed by atoms with van der Waals surface area (Å²) < 4.78 is 4.73. The molecule has 0 bridgehead atoms. The van der Waals surface area contributed by atoms with Gasteiger partial charge in [0.05, 0.1) is 6.26 Å². The van der Waals surface area contributed by atoms with E-state index in [9.17, 15) is 4.79 Å². The van der Waals surface area contributed by atoms with Gasteiger partial charge in [-0.1, -0.05) is 55.5 Å².